The van der Waals surface area contributed by atoms with Gasteiger partial charge in [0.1, 0.15) is 11.6 Å². The molecule has 5 nitrogen and oxygen atoms in total. The third-order valence-electron chi connectivity index (χ3n) is 6.61. The van der Waals surface area contributed by atoms with Gasteiger partial charge in [-0.15, -0.1) is 0 Å². The second-order valence-electron chi connectivity index (χ2n) is 8.96. The minimum atomic E-state index is -0.699. The molecule has 1 aliphatic heterocycles. The zero-order chi connectivity index (χ0) is 24.9. The number of rotatable bonds is 7. The molecule has 35 heavy (non-hydrogen) atoms. The largest absolute Gasteiger partial charge is 0.339 e. The van der Waals surface area contributed by atoms with Crippen molar-refractivity contribution in [2.45, 2.75) is 39.5 Å². The zero-order valence-electron chi connectivity index (χ0n) is 20.3. The van der Waals surface area contributed by atoms with Crippen molar-refractivity contribution in [1.29, 1.82) is 0 Å². The van der Waals surface area contributed by atoms with E-state index in [4.69, 9.17) is 0 Å². The third kappa shape index (κ3) is 5.29. The summed E-state index contributed by atoms with van der Waals surface area (Å²) in [5, 5.41) is 0. The van der Waals surface area contributed by atoms with E-state index < -0.39 is 11.6 Å². The summed E-state index contributed by atoms with van der Waals surface area (Å²) in [6, 6.07) is 14.7. The molecule has 0 spiro atoms. The standard InChI is InChI=1S/C28H31F2N3O2/c1-3-4-6-11-27(34)31-14-16-32(17-15-31)28(35)23-19-26(21-9-7-5-8-10-21)33(20(23)2)25-13-12-22(29)18-24(25)30/h5,7-10,12-13,18-19H,3-4,6,11,14-17H2,1-2H3. The van der Waals surface area contributed by atoms with Crippen LogP contribution < -0.4 is 0 Å². The molecule has 4 rings (SSSR count). The van der Waals surface area contributed by atoms with Gasteiger partial charge in [0.05, 0.1) is 16.9 Å². The zero-order valence-corrected chi connectivity index (χ0v) is 20.3. The van der Waals surface area contributed by atoms with Crippen LogP contribution >= 0.6 is 0 Å². The maximum atomic E-state index is 14.8. The molecule has 2 amide bonds. The lowest BCUT2D eigenvalue weighted by Gasteiger charge is -2.35. The van der Waals surface area contributed by atoms with E-state index in [1.165, 1.54) is 12.1 Å². The minimum absolute atomic E-state index is 0.144. The highest BCUT2D eigenvalue weighted by molar-refractivity contribution is 5.97. The van der Waals surface area contributed by atoms with Gasteiger partial charge in [0.2, 0.25) is 5.91 Å². The maximum absolute atomic E-state index is 14.8. The van der Waals surface area contributed by atoms with Crippen molar-refractivity contribution in [3.8, 4) is 16.9 Å². The van der Waals surface area contributed by atoms with Gasteiger partial charge in [-0.05, 0) is 37.1 Å². The van der Waals surface area contributed by atoms with Crippen LogP contribution in [0, 0.1) is 18.6 Å². The van der Waals surface area contributed by atoms with Crippen LogP contribution in [0.15, 0.2) is 54.6 Å². The van der Waals surface area contributed by atoms with Crippen molar-refractivity contribution in [1.82, 2.24) is 14.4 Å². The van der Waals surface area contributed by atoms with Gasteiger partial charge in [0.15, 0.2) is 0 Å². The van der Waals surface area contributed by atoms with E-state index in [1.807, 2.05) is 35.2 Å². The molecule has 2 aromatic carbocycles. The van der Waals surface area contributed by atoms with E-state index in [-0.39, 0.29) is 17.5 Å². The highest BCUT2D eigenvalue weighted by atomic mass is 19.1. The number of hydrogen-bond acceptors (Lipinski definition) is 2. The lowest BCUT2D eigenvalue weighted by atomic mass is 10.1. The molecule has 0 unspecified atom stereocenters. The van der Waals surface area contributed by atoms with Gasteiger partial charge in [-0.2, -0.15) is 0 Å². The Labute approximate surface area is 205 Å². The van der Waals surface area contributed by atoms with Crippen molar-refractivity contribution < 1.29 is 18.4 Å². The van der Waals surface area contributed by atoms with Crippen LogP contribution in [0.3, 0.4) is 0 Å². The van der Waals surface area contributed by atoms with Crippen LogP contribution in [0.4, 0.5) is 8.78 Å². The van der Waals surface area contributed by atoms with E-state index in [2.05, 4.69) is 6.92 Å². The van der Waals surface area contributed by atoms with Gasteiger partial charge < -0.3 is 14.4 Å². The smallest absolute Gasteiger partial charge is 0.255 e. The summed E-state index contributed by atoms with van der Waals surface area (Å²) in [5.41, 5.74) is 2.71. The molecule has 1 aliphatic rings. The summed E-state index contributed by atoms with van der Waals surface area (Å²) in [7, 11) is 0. The molecule has 0 N–H and O–H groups in total. The van der Waals surface area contributed by atoms with Crippen LogP contribution in [0.1, 0.15) is 48.7 Å². The predicted molar refractivity (Wildman–Crippen MR) is 132 cm³/mol. The first kappa shape index (κ1) is 24.6. The number of unbranched alkanes of at least 4 members (excludes halogenated alkanes) is 2. The molecule has 1 fully saturated rings. The van der Waals surface area contributed by atoms with Gasteiger partial charge in [-0.25, -0.2) is 8.78 Å². The summed E-state index contributed by atoms with van der Waals surface area (Å²) in [4.78, 5) is 29.6. The Kier molecular flexibility index (Phi) is 7.63. The van der Waals surface area contributed by atoms with E-state index in [0.717, 1.165) is 30.9 Å². The van der Waals surface area contributed by atoms with Gasteiger partial charge >= 0.3 is 0 Å². The quantitative estimate of drug-likeness (QED) is 0.415. The van der Waals surface area contributed by atoms with Crippen LogP contribution in [0.2, 0.25) is 0 Å². The van der Waals surface area contributed by atoms with Crippen molar-refractivity contribution in [2.75, 3.05) is 26.2 Å². The molecule has 184 valence electrons. The summed E-state index contributed by atoms with van der Waals surface area (Å²) in [5.74, 6) is -1.36. The Hall–Kier alpha value is -3.48. The summed E-state index contributed by atoms with van der Waals surface area (Å²) < 4.78 is 30.1. The van der Waals surface area contributed by atoms with E-state index in [0.29, 0.717) is 49.6 Å². The van der Waals surface area contributed by atoms with Gasteiger partial charge in [-0.1, -0.05) is 50.1 Å². The number of hydrogen-bond donors (Lipinski definition) is 0. The average Bonchev–Trinajstić information content (AvgIpc) is 3.21. The van der Waals surface area contributed by atoms with Crippen molar-refractivity contribution in [3.05, 3.63) is 77.5 Å². The maximum Gasteiger partial charge on any atom is 0.255 e. The number of carbonyl (C=O) groups is 2. The fourth-order valence-corrected chi connectivity index (χ4v) is 4.63. The average molecular weight is 480 g/mol. The van der Waals surface area contributed by atoms with Crippen molar-refractivity contribution in [3.63, 3.8) is 0 Å². The topological polar surface area (TPSA) is 45.6 Å². The molecule has 0 atom stereocenters. The number of nitrogens with zero attached hydrogens (tertiary/aromatic N) is 3. The minimum Gasteiger partial charge on any atom is -0.339 e. The number of amides is 2. The normalized spacial score (nSPS) is 13.8. The molecule has 3 aromatic rings. The molecule has 2 heterocycles. The van der Waals surface area contributed by atoms with Crippen LogP contribution in [-0.4, -0.2) is 52.4 Å². The summed E-state index contributed by atoms with van der Waals surface area (Å²) >= 11 is 0. The first-order valence-electron chi connectivity index (χ1n) is 12.2. The van der Waals surface area contributed by atoms with Crippen LogP contribution in [-0.2, 0) is 4.79 Å². The fraction of sp³-hybridized carbons (Fsp3) is 0.357. The van der Waals surface area contributed by atoms with Crippen LogP contribution in [0.25, 0.3) is 16.9 Å². The van der Waals surface area contributed by atoms with Gasteiger partial charge in [0.25, 0.3) is 5.91 Å². The Morgan fingerprint density at radius 1 is 0.886 bits per heavy atom. The molecular formula is C28H31F2N3O2. The summed E-state index contributed by atoms with van der Waals surface area (Å²) in [6.07, 6.45) is 3.55. The Bertz CT molecular complexity index is 1200. The van der Waals surface area contributed by atoms with E-state index in [9.17, 15) is 18.4 Å². The molecule has 1 aromatic heterocycles. The molecule has 7 heteroatoms. The Morgan fingerprint density at radius 3 is 2.23 bits per heavy atom. The van der Waals surface area contributed by atoms with E-state index in [1.54, 1.807) is 22.5 Å². The first-order valence-corrected chi connectivity index (χ1v) is 12.2. The number of benzene rings is 2. The lowest BCUT2D eigenvalue weighted by molar-refractivity contribution is -0.132. The second-order valence-corrected chi connectivity index (χ2v) is 8.96. The molecule has 0 bridgehead atoms. The Morgan fingerprint density at radius 2 is 1.57 bits per heavy atom. The first-order chi connectivity index (χ1) is 16.9. The number of halogens is 2. The summed E-state index contributed by atoms with van der Waals surface area (Å²) in [6.45, 7) is 5.81. The molecular weight excluding hydrogens is 448 g/mol. The van der Waals surface area contributed by atoms with E-state index >= 15 is 0 Å². The Balaban J connectivity index is 1.60. The number of carbonyl (C=O) groups excluding carboxylic acids is 2. The number of piperazine rings is 1. The van der Waals surface area contributed by atoms with Gasteiger partial charge in [-0.3, -0.25) is 9.59 Å². The highest BCUT2D eigenvalue weighted by Gasteiger charge is 2.28. The molecule has 0 aliphatic carbocycles. The SMILES string of the molecule is CCCCCC(=O)N1CCN(C(=O)c2cc(-c3ccccc3)n(-c3ccc(F)cc3F)c2C)CC1. The van der Waals surface area contributed by atoms with Crippen molar-refractivity contribution >= 4 is 11.8 Å². The fourth-order valence-electron chi connectivity index (χ4n) is 4.63. The van der Waals surface area contributed by atoms with Gasteiger partial charge in [0, 0.05) is 44.4 Å². The molecule has 1 saturated heterocycles. The van der Waals surface area contributed by atoms with Crippen molar-refractivity contribution in [2.24, 2.45) is 0 Å². The predicted octanol–water partition coefficient (Wildman–Crippen LogP) is 5.60. The monoisotopic (exact) mass is 479 g/mol. The lowest BCUT2D eigenvalue weighted by Crippen LogP contribution is -2.50. The molecule has 0 saturated carbocycles. The van der Waals surface area contributed by atoms with Crippen LogP contribution in [0.5, 0.6) is 0 Å². The third-order valence-corrected chi connectivity index (χ3v) is 6.61. The number of aromatic nitrogens is 1. The highest BCUT2D eigenvalue weighted by Crippen LogP contribution is 2.31. The molecule has 0 radical (unpaired) electrons. The second kappa shape index (κ2) is 10.8.